The van der Waals surface area contributed by atoms with Crippen molar-refractivity contribution in [2.75, 3.05) is 6.54 Å². The van der Waals surface area contributed by atoms with E-state index in [0.29, 0.717) is 18.1 Å². The highest BCUT2D eigenvalue weighted by molar-refractivity contribution is 7.88. The molecule has 0 radical (unpaired) electrons. The number of rotatable bonds is 7. The van der Waals surface area contributed by atoms with Crippen molar-refractivity contribution in [2.45, 2.75) is 19.1 Å². The van der Waals surface area contributed by atoms with Crippen LogP contribution in [0.4, 0.5) is 0 Å². The van der Waals surface area contributed by atoms with Crippen molar-refractivity contribution in [3.63, 3.8) is 0 Å². The Bertz CT molecular complexity index is 937. The van der Waals surface area contributed by atoms with Crippen molar-refractivity contribution in [1.29, 1.82) is 0 Å². The van der Waals surface area contributed by atoms with Gasteiger partial charge in [-0.3, -0.25) is 0 Å². The number of aromatic nitrogens is 2. The molecule has 0 saturated heterocycles. The first-order chi connectivity index (χ1) is 12.0. The van der Waals surface area contributed by atoms with Crippen molar-refractivity contribution in [1.82, 2.24) is 14.9 Å². The maximum Gasteiger partial charge on any atom is 0.228 e. The van der Waals surface area contributed by atoms with Gasteiger partial charge in [-0.05, 0) is 18.1 Å². The molecule has 1 N–H and O–H groups in total. The van der Waals surface area contributed by atoms with Gasteiger partial charge in [0.25, 0.3) is 0 Å². The maximum atomic E-state index is 12.1. The lowest BCUT2D eigenvalue weighted by molar-refractivity contribution is 0.379. The van der Waals surface area contributed by atoms with Gasteiger partial charge in [0.1, 0.15) is 0 Å². The quantitative estimate of drug-likeness (QED) is 0.703. The normalized spacial score (nSPS) is 11.6. The zero-order valence-corrected chi connectivity index (χ0v) is 14.7. The molecule has 0 fully saturated rings. The summed E-state index contributed by atoms with van der Waals surface area (Å²) < 4.78 is 31.9. The van der Waals surface area contributed by atoms with Crippen molar-refractivity contribution in [3.8, 4) is 11.4 Å². The molecule has 130 valence electrons. The van der Waals surface area contributed by atoms with Crippen molar-refractivity contribution < 1.29 is 12.9 Å². The number of nitrogens with zero attached hydrogens (tertiary/aromatic N) is 2. The fourth-order valence-corrected chi connectivity index (χ4v) is 3.59. The molecule has 1 heterocycles. The van der Waals surface area contributed by atoms with Gasteiger partial charge in [0.05, 0.1) is 5.75 Å². The Morgan fingerprint density at radius 1 is 1.04 bits per heavy atom. The van der Waals surface area contributed by atoms with Crippen LogP contribution in [-0.2, 0) is 22.2 Å². The molecule has 0 saturated carbocycles. The number of hydrogen-bond acceptors (Lipinski definition) is 5. The zero-order valence-electron chi connectivity index (χ0n) is 13.8. The largest absolute Gasteiger partial charge is 0.339 e. The van der Waals surface area contributed by atoms with E-state index >= 15 is 0 Å². The average molecular weight is 357 g/mol. The van der Waals surface area contributed by atoms with Crippen LogP contribution in [-0.4, -0.2) is 25.1 Å². The van der Waals surface area contributed by atoms with E-state index in [1.165, 1.54) is 0 Å². The lowest BCUT2D eigenvalue weighted by atomic mass is 10.1. The second-order valence-electron chi connectivity index (χ2n) is 5.72. The molecule has 0 aliphatic heterocycles. The summed E-state index contributed by atoms with van der Waals surface area (Å²) in [5.74, 6) is 0.868. The Morgan fingerprint density at radius 3 is 2.52 bits per heavy atom. The van der Waals surface area contributed by atoms with Crippen LogP contribution < -0.4 is 4.72 Å². The Labute approximate surface area is 147 Å². The minimum absolute atomic E-state index is 0.0495. The SMILES string of the molecule is Cc1ccccc1-c1noc(CCNS(=O)(=O)Cc2ccccc2)n1. The van der Waals surface area contributed by atoms with Crippen LogP contribution in [0.15, 0.2) is 59.1 Å². The molecule has 0 aliphatic rings. The van der Waals surface area contributed by atoms with Gasteiger partial charge in [0.15, 0.2) is 0 Å². The van der Waals surface area contributed by atoms with Crippen LogP contribution >= 0.6 is 0 Å². The van der Waals surface area contributed by atoms with Gasteiger partial charge in [0, 0.05) is 18.5 Å². The summed E-state index contributed by atoms with van der Waals surface area (Å²) in [7, 11) is -3.40. The van der Waals surface area contributed by atoms with E-state index in [-0.39, 0.29) is 12.3 Å². The van der Waals surface area contributed by atoms with Gasteiger partial charge < -0.3 is 4.52 Å². The standard InChI is InChI=1S/C18H19N3O3S/c1-14-7-5-6-10-16(14)18-20-17(24-21-18)11-12-19-25(22,23)13-15-8-3-2-4-9-15/h2-10,19H,11-13H2,1H3. The number of benzene rings is 2. The molecule has 3 aromatic rings. The third-order valence-corrected chi connectivity index (χ3v) is 5.07. The predicted molar refractivity (Wildman–Crippen MR) is 95.2 cm³/mol. The molecular weight excluding hydrogens is 338 g/mol. The van der Waals surface area contributed by atoms with Gasteiger partial charge in [-0.2, -0.15) is 4.98 Å². The third-order valence-electron chi connectivity index (χ3n) is 3.71. The number of hydrogen-bond donors (Lipinski definition) is 1. The Balaban J connectivity index is 1.57. The van der Waals surface area contributed by atoms with Crippen molar-refractivity contribution in [2.24, 2.45) is 0 Å². The van der Waals surface area contributed by atoms with E-state index in [1.54, 1.807) is 12.1 Å². The average Bonchev–Trinajstić information content (AvgIpc) is 3.04. The molecule has 3 rings (SSSR count). The smallest absolute Gasteiger partial charge is 0.228 e. The molecule has 0 bridgehead atoms. The van der Waals surface area contributed by atoms with E-state index in [1.807, 2.05) is 49.4 Å². The van der Waals surface area contributed by atoms with Crippen LogP contribution in [0.2, 0.25) is 0 Å². The lowest BCUT2D eigenvalue weighted by Gasteiger charge is -2.05. The van der Waals surface area contributed by atoms with Gasteiger partial charge in [-0.1, -0.05) is 59.8 Å². The zero-order chi connectivity index (χ0) is 17.7. The Kier molecular flexibility index (Phi) is 5.25. The van der Waals surface area contributed by atoms with Crippen LogP contribution in [0.25, 0.3) is 11.4 Å². The molecule has 0 spiro atoms. The fraction of sp³-hybridized carbons (Fsp3) is 0.222. The minimum Gasteiger partial charge on any atom is -0.339 e. The number of aryl methyl sites for hydroxylation is 1. The van der Waals surface area contributed by atoms with Crippen molar-refractivity contribution in [3.05, 3.63) is 71.6 Å². The first kappa shape index (κ1) is 17.3. The first-order valence-electron chi connectivity index (χ1n) is 7.93. The third kappa shape index (κ3) is 4.74. The summed E-state index contributed by atoms with van der Waals surface area (Å²) in [6.07, 6.45) is 0.340. The molecule has 25 heavy (non-hydrogen) atoms. The summed E-state index contributed by atoms with van der Waals surface area (Å²) in [5, 5.41) is 3.97. The van der Waals surface area contributed by atoms with Crippen LogP contribution in [0.1, 0.15) is 17.0 Å². The van der Waals surface area contributed by atoms with E-state index < -0.39 is 10.0 Å². The summed E-state index contributed by atoms with van der Waals surface area (Å²) >= 11 is 0. The molecule has 0 unspecified atom stereocenters. The molecule has 6 nitrogen and oxygen atoms in total. The van der Waals surface area contributed by atoms with E-state index in [2.05, 4.69) is 14.9 Å². The van der Waals surface area contributed by atoms with Gasteiger partial charge in [-0.25, -0.2) is 13.1 Å². The van der Waals surface area contributed by atoms with Crippen LogP contribution in [0.5, 0.6) is 0 Å². The van der Waals surface area contributed by atoms with Gasteiger partial charge in [0.2, 0.25) is 21.7 Å². The van der Waals surface area contributed by atoms with Gasteiger partial charge >= 0.3 is 0 Å². The summed E-state index contributed by atoms with van der Waals surface area (Å²) in [4.78, 5) is 4.33. The molecule has 2 aromatic carbocycles. The highest BCUT2D eigenvalue weighted by Gasteiger charge is 2.13. The molecule has 0 atom stereocenters. The monoisotopic (exact) mass is 357 g/mol. The first-order valence-corrected chi connectivity index (χ1v) is 9.58. The molecule has 0 amide bonds. The Hall–Kier alpha value is -2.51. The van der Waals surface area contributed by atoms with E-state index in [4.69, 9.17) is 4.52 Å². The van der Waals surface area contributed by atoms with Crippen molar-refractivity contribution >= 4 is 10.0 Å². The summed E-state index contributed by atoms with van der Waals surface area (Å²) in [5.41, 5.74) is 2.70. The molecule has 7 heteroatoms. The van der Waals surface area contributed by atoms with E-state index in [0.717, 1.165) is 16.7 Å². The second-order valence-corrected chi connectivity index (χ2v) is 7.52. The number of sulfonamides is 1. The molecule has 1 aromatic heterocycles. The number of nitrogens with one attached hydrogen (secondary N) is 1. The Morgan fingerprint density at radius 2 is 1.76 bits per heavy atom. The van der Waals surface area contributed by atoms with Gasteiger partial charge in [-0.15, -0.1) is 0 Å². The fourth-order valence-electron chi connectivity index (χ4n) is 2.45. The second kappa shape index (κ2) is 7.58. The summed E-state index contributed by atoms with van der Waals surface area (Å²) in [6.45, 7) is 2.19. The maximum absolute atomic E-state index is 12.1. The predicted octanol–water partition coefficient (Wildman–Crippen LogP) is 2.71. The molecular formula is C18H19N3O3S. The minimum atomic E-state index is -3.40. The van der Waals surface area contributed by atoms with E-state index in [9.17, 15) is 8.42 Å². The highest BCUT2D eigenvalue weighted by atomic mass is 32.2. The highest BCUT2D eigenvalue weighted by Crippen LogP contribution is 2.19. The van der Waals surface area contributed by atoms with Crippen LogP contribution in [0.3, 0.4) is 0 Å². The summed E-state index contributed by atoms with van der Waals surface area (Å²) in [6, 6.07) is 16.8. The molecule has 0 aliphatic carbocycles. The van der Waals surface area contributed by atoms with Crippen LogP contribution in [0, 0.1) is 6.92 Å². The lowest BCUT2D eigenvalue weighted by Crippen LogP contribution is -2.27. The topological polar surface area (TPSA) is 85.1 Å².